The number of hydrogen-bond donors (Lipinski definition) is 2. The van der Waals surface area contributed by atoms with Gasteiger partial charge < -0.3 is 11.5 Å². The minimum Gasteiger partial charge on any atom is -0.370 e. The first-order chi connectivity index (χ1) is 6.66. The van der Waals surface area contributed by atoms with Crippen molar-refractivity contribution in [3.05, 3.63) is 35.9 Å². The Morgan fingerprint density at radius 2 is 1.57 bits per heavy atom. The molecule has 0 aliphatic rings. The van der Waals surface area contributed by atoms with Gasteiger partial charge in [-0.2, -0.15) is 0 Å². The van der Waals surface area contributed by atoms with Gasteiger partial charge in [0.2, 0.25) is 5.91 Å². The summed E-state index contributed by atoms with van der Waals surface area (Å²) in [5.74, 6) is -0.333. The van der Waals surface area contributed by atoms with Crippen LogP contribution in [-0.4, -0.2) is 5.91 Å². The van der Waals surface area contributed by atoms with Crippen LogP contribution in [-0.2, 0) is 11.3 Å². The van der Waals surface area contributed by atoms with Gasteiger partial charge in [0.15, 0.2) is 0 Å². The Morgan fingerprint density at radius 3 is 1.79 bits per heavy atom. The summed E-state index contributed by atoms with van der Waals surface area (Å²) in [6, 6.07) is 9.99. The van der Waals surface area contributed by atoms with Crippen LogP contribution >= 0.6 is 0 Å². The molecule has 0 atom stereocenters. The zero-order valence-electron chi connectivity index (χ0n) is 9.16. The van der Waals surface area contributed by atoms with E-state index in [1.54, 1.807) is 0 Å². The van der Waals surface area contributed by atoms with Crippen molar-refractivity contribution in [1.82, 2.24) is 0 Å². The highest BCUT2D eigenvalue weighted by Crippen LogP contribution is 1.94. The van der Waals surface area contributed by atoms with Crippen molar-refractivity contribution < 1.29 is 4.79 Å². The topological polar surface area (TPSA) is 69.1 Å². The van der Waals surface area contributed by atoms with Crippen molar-refractivity contribution in [2.24, 2.45) is 11.5 Å². The van der Waals surface area contributed by atoms with E-state index in [2.05, 4.69) is 5.73 Å². The van der Waals surface area contributed by atoms with Gasteiger partial charge >= 0.3 is 0 Å². The molecule has 1 aromatic rings. The molecule has 0 aliphatic carbocycles. The summed E-state index contributed by atoms with van der Waals surface area (Å²) >= 11 is 0. The highest BCUT2D eigenvalue weighted by molar-refractivity contribution is 5.70. The van der Waals surface area contributed by atoms with E-state index >= 15 is 0 Å². The van der Waals surface area contributed by atoms with Crippen LogP contribution in [0.15, 0.2) is 30.3 Å². The number of rotatable bonds is 1. The fourth-order valence-corrected chi connectivity index (χ4v) is 0.614. The first-order valence-electron chi connectivity index (χ1n) is 4.67. The Balaban J connectivity index is 0. The van der Waals surface area contributed by atoms with Crippen LogP contribution < -0.4 is 11.5 Å². The smallest absolute Gasteiger partial charge is 0.214 e. The monoisotopic (exact) mass is 196 g/mol. The molecular formula is C11H20N2O. The molecule has 0 spiro atoms. The van der Waals surface area contributed by atoms with Crippen molar-refractivity contribution in [1.29, 1.82) is 0 Å². The third kappa shape index (κ3) is 13.3. The van der Waals surface area contributed by atoms with E-state index in [1.165, 1.54) is 12.5 Å². The summed E-state index contributed by atoms with van der Waals surface area (Å²) in [6.45, 7) is 5.95. The zero-order chi connectivity index (χ0) is 11.4. The normalized spacial score (nSPS) is 7.43. The van der Waals surface area contributed by atoms with E-state index in [9.17, 15) is 4.79 Å². The highest BCUT2D eigenvalue weighted by atomic mass is 16.1. The number of nitrogens with two attached hydrogens (primary N) is 2. The molecular weight excluding hydrogens is 176 g/mol. The molecule has 0 fully saturated rings. The summed E-state index contributed by atoms with van der Waals surface area (Å²) in [5, 5.41) is 0. The lowest BCUT2D eigenvalue weighted by atomic mass is 10.2. The van der Waals surface area contributed by atoms with Gasteiger partial charge in [0.05, 0.1) is 0 Å². The first-order valence-corrected chi connectivity index (χ1v) is 4.67. The molecule has 0 heterocycles. The zero-order valence-corrected chi connectivity index (χ0v) is 9.16. The molecule has 14 heavy (non-hydrogen) atoms. The lowest BCUT2D eigenvalue weighted by Crippen LogP contribution is -2.01. The van der Waals surface area contributed by atoms with Crippen LogP contribution in [0.2, 0.25) is 0 Å². The SMILES string of the molecule is CC.CC(N)=O.NCc1ccccc1. The first kappa shape index (κ1) is 15.1. The third-order valence-corrected chi connectivity index (χ3v) is 1.08. The molecule has 0 radical (unpaired) electrons. The molecule has 0 saturated heterocycles. The van der Waals surface area contributed by atoms with Gasteiger partial charge in [-0.25, -0.2) is 0 Å². The van der Waals surface area contributed by atoms with E-state index in [4.69, 9.17) is 5.73 Å². The fraction of sp³-hybridized carbons (Fsp3) is 0.364. The molecule has 0 unspecified atom stereocenters. The van der Waals surface area contributed by atoms with E-state index in [-0.39, 0.29) is 5.91 Å². The number of carbonyl (C=O) groups excluding carboxylic acids is 1. The van der Waals surface area contributed by atoms with Crippen molar-refractivity contribution in [2.75, 3.05) is 0 Å². The standard InChI is InChI=1S/C7H9N.C2H5NO.C2H6/c8-6-7-4-2-1-3-5-7;1-2(3)4;1-2/h1-5H,6,8H2;1H3,(H2,3,4);1-2H3. The summed E-state index contributed by atoms with van der Waals surface area (Å²) in [6.07, 6.45) is 0. The van der Waals surface area contributed by atoms with Crippen LogP contribution in [0.5, 0.6) is 0 Å². The second kappa shape index (κ2) is 11.6. The molecule has 0 bridgehead atoms. The average molecular weight is 196 g/mol. The Hall–Kier alpha value is -1.35. The number of amides is 1. The largest absolute Gasteiger partial charge is 0.370 e. The van der Waals surface area contributed by atoms with E-state index in [1.807, 2.05) is 44.2 Å². The maximum absolute atomic E-state index is 9.22. The lowest BCUT2D eigenvalue weighted by Gasteiger charge is -1.90. The number of primary amides is 1. The minimum atomic E-state index is -0.333. The number of hydrogen-bond acceptors (Lipinski definition) is 2. The Morgan fingerprint density at radius 1 is 1.21 bits per heavy atom. The number of benzene rings is 1. The molecule has 1 aromatic carbocycles. The highest BCUT2D eigenvalue weighted by Gasteiger charge is 1.80. The van der Waals surface area contributed by atoms with Crippen LogP contribution in [0.3, 0.4) is 0 Å². The van der Waals surface area contributed by atoms with E-state index < -0.39 is 0 Å². The molecule has 0 saturated carbocycles. The predicted octanol–water partition coefficient (Wildman–Crippen LogP) is 1.66. The summed E-state index contributed by atoms with van der Waals surface area (Å²) in [4.78, 5) is 9.22. The molecule has 1 amide bonds. The quantitative estimate of drug-likeness (QED) is 0.717. The van der Waals surface area contributed by atoms with Gasteiger partial charge in [0.1, 0.15) is 0 Å². The summed E-state index contributed by atoms with van der Waals surface area (Å²) in [7, 11) is 0. The molecule has 0 aromatic heterocycles. The van der Waals surface area contributed by atoms with Crippen LogP contribution in [0.1, 0.15) is 26.3 Å². The fourth-order valence-electron chi connectivity index (χ4n) is 0.614. The molecule has 1 rings (SSSR count). The molecule has 4 N–H and O–H groups in total. The maximum atomic E-state index is 9.22. The van der Waals surface area contributed by atoms with E-state index in [0.717, 1.165) is 0 Å². The van der Waals surface area contributed by atoms with Crippen LogP contribution in [0, 0.1) is 0 Å². The predicted molar refractivity (Wildman–Crippen MR) is 60.5 cm³/mol. The van der Waals surface area contributed by atoms with E-state index in [0.29, 0.717) is 6.54 Å². The van der Waals surface area contributed by atoms with Crippen LogP contribution in [0.4, 0.5) is 0 Å². The Kier molecular flexibility index (Phi) is 12.6. The van der Waals surface area contributed by atoms with Gasteiger partial charge in [0.25, 0.3) is 0 Å². The summed E-state index contributed by atoms with van der Waals surface area (Å²) in [5.41, 5.74) is 11.0. The second-order valence-corrected chi connectivity index (χ2v) is 2.30. The van der Waals surface area contributed by atoms with Crippen molar-refractivity contribution in [3.8, 4) is 0 Å². The van der Waals surface area contributed by atoms with Gasteiger partial charge in [-0.05, 0) is 5.56 Å². The molecule has 80 valence electrons. The van der Waals surface area contributed by atoms with Crippen molar-refractivity contribution in [3.63, 3.8) is 0 Å². The van der Waals surface area contributed by atoms with Crippen molar-refractivity contribution >= 4 is 5.91 Å². The van der Waals surface area contributed by atoms with Gasteiger partial charge in [-0.1, -0.05) is 44.2 Å². The molecule has 0 aliphatic heterocycles. The van der Waals surface area contributed by atoms with Gasteiger partial charge in [-0.15, -0.1) is 0 Å². The Labute approximate surface area is 86.1 Å². The minimum absolute atomic E-state index is 0.333. The van der Waals surface area contributed by atoms with Gasteiger partial charge in [0, 0.05) is 13.5 Å². The average Bonchev–Trinajstić information content (AvgIpc) is 2.21. The van der Waals surface area contributed by atoms with Crippen molar-refractivity contribution in [2.45, 2.75) is 27.3 Å². The number of carbonyl (C=O) groups is 1. The maximum Gasteiger partial charge on any atom is 0.214 e. The van der Waals surface area contributed by atoms with Crippen LogP contribution in [0.25, 0.3) is 0 Å². The second-order valence-electron chi connectivity index (χ2n) is 2.30. The lowest BCUT2D eigenvalue weighted by molar-refractivity contribution is -0.115. The molecule has 3 heteroatoms. The van der Waals surface area contributed by atoms with Gasteiger partial charge in [-0.3, -0.25) is 4.79 Å². The third-order valence-electron chi connectivity index (χ3n) is 1.08. The summed E-state index contributed by atoms with van der Waals surface area (Å²) < 4.78 is 0. The molecule has 3 nitrogen and oxygen atoms in total. The Bertz CT molecular complexity index is 218.